The topological polar surface area (TPSA) is 70.9 Å². The van der Waals surface area contributed by atoms with E-state index in [1.807, 2.05) is 0 Å². The van der Waals surface area contributed by atoms with Crippen molar-refractivity contribution >= 4 is 12.2 Å². The van der Waals surface area contributed by atoms with E-state index in [9.17, 15) is 4.79 Å². The Morgan fingerprint density at radius 1 is 1.90 bits per heavy atom. The molecule has 0 radical (unpaired) electrons. The van der Waals surface area contributed by atoms with Gasteiger partial charge in [0.2, 0.25) is 0 Å². The molecule has 0 aromatic rings. The molecule has 1 aliphatic heterocycles. The summed E-state index contributed by atoms with van der Waals surface area (Å²) in [5.41, 5.74) is 2.40. The molecule has 5 heteroatoms. The highest BCUT2D eigenvalue weighted by atomic mass is 16.5. The smallest absolute Gasteiger partial charge is 0.333 e. The number of methoxy groups -OCH3 is 1. The molecule has 0 aromatic heterocycles. The van der Waals surface area contributed by atoms with Crippen molar-refractivity contribution in [2.75, 3.05) is 7.11 Å². The molecule has 10 heavy (non-hydrogen) atoms. The monoisotopic (exact) mass is 144 g/mol. The van der Waals surface area contributed by atoms with Crippen molar-refractivity contribution in [3.05, 3.63) is 0 Å². The van der Waals surface area contributed by atoms with E-state index in [2.05, 4.69) is 15.3 Å². The minimum Gasteiger partial charge on any atom is -0.467 e. The zero-order chi connectivity index (χ0) is 7.56. The van der Waals surface area contributed by atoms with Crippen LogP contribution in [0.2, 0.25) is 0 Å². The zero-order valence-corrected chi connectivity index (χ0v) is 5.44. The second-order valence-electron chi connectivity index (χ2n) is 1.90. The van der Waals surface area contributed by atoms with Crippen molar-refractivity contribution in [2.24, 2.45) is 5.10 Å². The van der Waals surface area contributed by atoms with Gasteiger partial charge in [-0.15, -0.1) is 0 Å². The maximum Gasteiger partial charge on any atom is 0.333 e. The van der Waals surface area contributed by atoms with Crippen LogP contribution in [0.5, 0.6) is 0 Å². The molecule has 0 aromatic carbocycles. The molecule has 0 fully saturated rings. The molecule has 0 aliphatic carbocycles. The lowest BCUT2D eigenvalue weighted by Crippen LogP contribution is -2.40. The van der Waals surface area contributed by atoms with E-state index in [1.54, 1.807) is 0 Å². The maximum absolute atomic E-state index is 10.7. The van der Waals surface area contributed by atoms with E-state index in [1.165, 1.54) is 13.3 Å². The Morgan fingerprint density at radius 3 is 3.00 bits per heavy atom. The van der Waals surface area contributed by atoms with Gasteiger partial charge in [-0.05, 0) is 0 Å². The second-order valence-corrected chi connectivity index (χ2v) is 1.90. The van der Waals surface area contributed by atoms with Gasteiger partial charge < -0.3 is 9.84 Å². The lowest BCUT2D eigenvalue weighted by molar-refractivity contribution is -0.144. The maximum atomic E-state index is 10.7. The average molecular weight is 144 g/mol. The van der Waals surface area contributed by atoms with Crippen molar-refractivity contribution in [1.29, 1.82) is 0 Å². The van der Waals surface area contributed by atoms with Crippen LogP contribution in [0.25, 0.3) is 0 Å². The molecule has 1 rings (SSSR count). The quantitative estimate of drug-likeness (QED) is 0.438. The van der Waals surface area contributed by atoms with Gasteiger partial charge in [-0.2, -0.15) is 5.10 Å². The van der Waals surface area contributed by atoms with E-state index >= 15 is 0 Å². The molecule has 0 amide bonds. The van der Waals surface area contributed by atoms with Crippen LogP contribution < -0.4 is 5.43 Å². The summed E-state index contributed by atoms with van der Waals surface area (Å²) < 4.78 is 4.36. The highest BCUT2D eigenvalue weighted by Crippen LogP contribution is 1.99. The minimum absolute atomic E-state index is 0.509. The Morgan fingerprint density at radius 2 is 2.60 bits per heavy atom. The summed E-state index contributed by atoms with van der Waals surface area (Å²) in [5.74, 6) is -0.509. The largest absolute Gasteiger partial charge is 0.467 e. The molecule has 5 nitrogen and oxygen atoms in total. The molecule has 2 N–H and O–H groups in total. The zero-order valence-electron chi connectivity index (χ0n) is 5.44. The number of carbonyl (C=O) groups excluding carboxylic acids is 1. The summed E-state index contributed by atoms with van der Waals surface area (Å²) in [5, 5.41) is 12.5. The molecule has 0 unspecified atom stereocenters. The Hall–Kier alpha value is -1.10. The number of nitrogens with zero attached hydrogens (tertiary/aromatic N) is 1. The molecule has 0 bridgehead atoms. The number of carbonyl (C=O) groups is 1. The number of aliphatic hydroxyl groups is 1. The first kappa shape index (κ1) is 7.01. The predicted octanol–water partition coefficient (Wildman–Crippen LogP) is -1.52. The summed E-state index contributed by atoms with van der Waals surface area (Å²) in [4.78, 5) is 10.7. The summed E-state index contributed by atoms with van der Waals surface area (Å²) in [7, 11) is 1.26. The Kier molecular flexibility index (Phi) is 1.86. The van der Waals surface area contributed by atoms with Crippen LogP contribution in [-0.4, -0.2) is 36.5 Å². The fourth-order valence-corrected chi connectivity index (χ4v) is 0.681. The Bertz CT molecular complexity index is 168. The number of aliphatic hydroxyl groups excluding tert-OH is 1. The fourth-order valence-electron chi connectivity index (χ4n) is 0.681. The van der Waals surface area contributed by atoms with Crippen LogP contribution in [0.1, 0.15) is 0 Å². The Labute approximate surface area is 57.7 Å². The first-order chi connectivity index (χ1) is 4.75. The summed E-state index contributed by atoms with van der Waals surface area (Å²) in [6.07, 6.45) is 0.383. The minimum atomic E-state index is -0.868. The van der Waals surface area contributed by atoms with E-state index in [-0.39, 0.29) is 0 Å². The van der Waals surface area contributed by atoms with Gasteiger partial charge in [-0.3, -0.25) is 5.43 Å². The number of hydrogen-bond donors (Lipinski definition) is 2. The van der Waals surface area contributed by atoms with Crippen LogP contribution in [0.4, 0.5) is 0 Å². The lowest BCUT2D eigenvalue weighted by atomic mass is 10.2. The first-order valence-electron chi connectivity index (χ1n) is 2.80. The van der Waals surface area contributed by atoms with E-state index in [4.69, 9.17) is 5.11 Å². The molecule has 2 atom stereocenters. The molecule has 0 saturated heterocycles. The van der Waals surface area contributed by atoms with Crippen molar-refractivity contribution in [3.8, 4) is 0 Å². The van der Waals surface area contributed by atoms with Crippen molar-refractivity contribution in [1.82, 2.24) is 5.43 Å². The molecule has 0 spiro atoms. The van der Waals surface area contributed by atoms with E-state index in [0.29, 0.717) is 0 Å². The summed E-state index contributed by atoms with van der Waals surface area (Å²) in [6, 6.07) is -0.731. The fraction of sp³-hybridized carbons (Fsp3) is 0.600. The van der Waals surface area contributed by atoms with Gasteiger partial charge in [0, 0.05) is 0 Å². The van der Waals surface area contributed by atoms with Crippen LogP contribution in [0, 0.1) is 0 Å². The van der Waals surface area contributed by atoms with Crippen molar-refractivity contribution in [2.45, 2.75) is 12.1 Å². The third-order valence-electron chi connectivity index (χ3n) is 1.24. The van der Waals surface area contributed by atoms with Crippen LogP contribution in [0.3, 0.4) is 0 Å². The number of hydrogen-bond acceptors (Lipinski definition) is 5. The van der Waals surface area contributed by atoms with Gasteiger partial charge in [0.05, 0.1) is 13.3 Å². The average Bonchev–Trinajstić information content (AvgIpc) is 2.34. The van der Waals surface area contributed by atoms with Crippen LogP contribution in [0.15, 0.2) is 5.10 Å². The molecule has 56 valence electrons. The molecular formula is C5H8N2O3. The highest BCUT2D eigenvalue weighted by molar-refractivity contribution is 5.84. The van der Waals surface area contributed by atoms with Gasteiger partial charge in [0.15, 0.2) is 6.04 Å². The standard InChI is InChI=1S/C5H8N2O3/c1-10-5(9)4-3(8)2-6-7-4/h2-4,7-8H,1H3/t3-,4-/m1/s1. The van der Waals surface area contributed by atoms with Crippen molar-refractivity contribution in [3.63, 3.8) is 0 Å². The number of rotatable bonds is 1. The van der Waals surface area contributed by atoms with Crippen LogP contribution >= 0.6 is 0 Å². The SMILES string of the molecule is COC(=O)[C@@H]1NN=C[C@H]1O. The normalized spacial score (nSPS) is 29.8. The number of esters is 1. The van der Waals surface area contributed by atoms with Gasteiger partial charge >= 0.3 is 5.97 Å². The molecule has 1 aliphatic rings. The second kappa shape index (κ2) is 2.66. The highest BCUT2D eigenvalue weighted by Gasteiger charge is 2.29. The number of hydrazone groups is 1. The first-order valence-corrected chi connectivity index (χ1v) is 2.80. The van der Waals surface area contributed by atoms with E-state index < -0.39 is 18.1 Å². The van der Waals surface area contributed by atoms with Gasteiger partial charge in [-0.25, -0.2) is 4.79 Å². The molecule has 1 heterocycles. The van der Waals surface area contributed by atoms with Gasteiger partial charge in [0.25, 0.3) is 0 Å². The van der Waals surface area contributed by atoms with Gasteiger partial charge in [-0.1, -0.05) is 0 Å². The van der Waals surface area contributed by atoms with E-state index in [0.717, 1.165) is 0 Å². The Balaban J connectivity index is 2.51. The van der Waals surface area contributed by atoms with Gasteiger partial charge in [0.1, 0.15) is 6.10 Å². The number of nitrogens with one attached hydrogen (secondary N) is 1. The molecule has 0 saturated carbocycles. The molecular weight excluding hydrogens is 136 g/mol. The third-order valence-corrected chi connectivity index (χ3v) is 1.24. The predicted molar refractivity (Wildman–Crippen MR) is 33.4 cm³/mol. The van der Waals surface area contributed by atoms with Crippen molar-refractivity contribution < 1.29 is 14.6 Å². The lowest BCUT2D eigenvalue weighted by Gasteiger charge is -2.09. The summed E-state index contributed by atoms with van der Waals surface area (Å²) in [6.45, 7) is 0. The van der Waals surface area contributed by atoms with Crippen LogP contribution in [-0.2, 0) is 9.53 Å². The number of ether oxygens (including phenoxy) is 1. The third kappa shape index (κ3) is 1.08. The summed E-state index contributed by atoms with van der Waals surface area (Å²) >= 11 is 0.